The zero-order chi connectivity index (χ0) is 13.8. The van der Waals surface area contributed by atoms with Crippen molar-refractivity contribution in [1.82, 2.24) is 10.6 Å². The number of amides is 4. The number of carbonyl (C=O) groups is 4. The van der Waals surface area contributed by atoms with E-state index < -0.39 is 29.5 Å². The fourth-order valence-corrected chi connectivity index (χ4v) is 1.62. The van der Waals surface area contributed by atoms with E-state index in [4.69, 9.17) is 0 Å². The van der Waals surface area contributed by atoms with E-state index in [0.29, 0.717) is 0 Å². The Kier molecular flexibility index (Phi) is 3.51. The smallest absolute Gasteiger partial charge is 0.293 e. The first-order valence-electron chi connectivity index (χ1n) is 5.50. The summed E-state index contributed by atoms with van der Waals surface area (Å²) >= 11 is 0. The van der Waals surface area contributed by atoms with Gasteiger partial charge in [0.15, 0.2) is 11.7 Å². The number of barbiturate groups is 1. The highest BCUT2D eigenvalue weighted by molar-refractivity contribution is 6.28. The summed E-state index contributed by atoms with van der Waals surface area (Å²) < 4.78 is 0. The third-order valence-corrected chi connectivity index (χ3v) is 2.52. The van der Waals surface area contributed by atoms with Crippen molar-refractivity contribution in [1.29, 1.82) is 0 Å². The Bertz CT molecular complexity index is 558. The van der Waals surface area contributed by atoms with Gasteiger partial charge in [-0.3, -0.25) is 25.0 Å². The number of benzene rings is 1. The molecule has 6 heteroatoms. The van der Waals surface area contributed by atoms with Crippen LogP contribution in [0.2, 0.25) is 0 Å². The van der Waals surface area contributed by atoms with Gasteiger partial charge in [0, 0.05) is 0 Å². The van der Waals surface area contributed by atoms with Crippen molar-refractivity contribution in [2.24, 2.45) is 5.92 Å². The number of ketones is 1. The van der Waals surface area contributed by atoms with Gasteiger partial charge in [0.05, 0.1) is 0 Å². The number of hydrogen-bond donors (Lipinski definition) is 2. The van der Waals surface area contributed by atoms with Gasteiger partial charge in [0.25, 0.3) is 0 Å². The molecule has 0 aliphatic carbocycles. The number of carbonyl (C=O) groups excluding carboxylic acids is 4. The van der Waals surface area contributed by atoms with Gasteiger partial charge >= 0.3 is 6.03 Å². The summed E-state index contributed by atoms with van der Waals surface area (Å²) in [4.78, 5) is 45.5. The molecule has 1 saturated heterocycles. The molecule has 2 N–H and O–H groups in total. The molecule has 6 nitrogen and oxygen atoms in total. The van der Waals surface area contributed by atoms with Gasteiger partial charge in [-0.05, 0) is 11.6 Å². The summed E-state index contributed by atoms with van der Waals surface area (Å²) in [5.74, 6) is -4.00. The molecule has 19 heavy (non-hydrogen) atoms. The summed E-state index contributed by atoms with van der Waals surface area (Å²) in [6, 6.07) is 8.05. The quantitative estimate of drug-likeness (QED) is 0.600. The molecular formula is C13H10N2O4. The maximum absolute atomic E-state index is 11.8. The van der Waals surface area contributed by atoms with Crippen LogP contribution < -0.4 is 10.6 Å². The Balaban J connectivity index is 2.12. The van der Waals surface area contributed by atoms with Crippen molar-refractivity contribution < 1.29 is 19.2 Å². The summed E-state index contributed by atoms with van der Waals surface area (Å²) in [7, 11) is 0. The van der Waals surface area contributed by atoms with E-state index in [1.54, 1.807) is 24.3 Å². The summed E-state index contributed by atoms with van der Waals surface area (Å²) in [5.41, 5.74) is 0.767. The summed E-state index contributed by atoms with van der Waals surface area (Å²) in [5, 5.41) is 3.75. The molecule has 0 radical (unpaired) electrons. The number of hydrogen-bond acceptors (Lipinski definition) is 4. The predicted molar refractivity (Wildman–Crippen MR) is 65.7 cm³/mol. The van der Waals surface area contributed by atoms with E-state index in [-0.39, 0.29) is 0 Å². The van der Waals surface area contributed by atoms with Gasteiger partial charge in [-0.2, -0.15) is 0 Å². The largest absolute Gasteiger partial charge is 0.328 e. The van der Waals surface area contributed by atoms with Crippen LogP contribution in [0.4, 0.5) is 4.79 Å². The third kappa shape index (κ3) is 2.92. The monoisotopic (exact) mass is 258 g/mol. The van der Waals surface area contributed by atoms with Crippen LogP contribution in [0.25, 0.3) is 6.08 Å². The molecule has 1 aromatic carbocycles. The third-order valence-electron chi connectivity index (χ3n) is 2.52. The van der Waals surface area contributed by atoms with Gasteiger partial charge < -0.3 is 0 Å². The van der Waals surface area contributed by atoms with Crippen molar-refractivity contribution in [3.8, 4) is 0 Å². The Morgan fingerprint density at radius 1 is 1.00 bits per heavy atom. The summed E-state index contributed by atoms with van der Waals surface area (Å²) in [6.45, 7) is 0. The van der Waals surface area contributed by atoms with Crippen LogP contribution >= 0.6 is 0 Å². The lowest BCUT2D eigenvalue weighted by atomic mass is 9.99. The Labute approximate surface area is 108 Å². The number of urea groups is 1. The van der Waals surface area contributed by atoms with E-state index in [9.17, 15) is 19.2 Å². The minimum absolute atomic E-state index is 0.675. The molecule has 0 bridgehead atoms. The van der Waals surface area contributed by atoms with Crippen LogP contribution in [0.1, 0.15) is 5.56 Å². The standard InChI is InChI=1S/C13H10N2O4/c16-9(7-6-8-4-2-1-3-5-8)10-11(17)14-13(19)15-12(10)18/h1-7,10H,(H2,14,15,17,18,19). The molecule has 96 valence electrons. The maximum Gasteiger partial charge on any atom is 0.328 e. The summed E-state index contributed by atoms with van der Waals surface area (Å²) in [6.07, 6.45) is 2.65. The highest BCUT2D eigenvalue weighted by Gasteiger charge is 2.38. The van der Waals surface area contributed by atoms with E-state index >= 15 is 0 Å². The minimum atomic E-state index is -1.52. The second-order valence-corrected chi connectivity index (χ2v) is 3.89. The molecule has 1 aliphatic heterocycles. The van der Waals surface area contributed by atoms with Gasteiger partial charge in [-0.15, -0.1) is 0 Å². The van der Waals surface area contributed by atoms with E-state index in [1.165, 1.54) is 6.08 Å². The predicted octanol–water partition coefficient (Wildman–Crippen LogP) is 0.251. The van der Waals surface area contributed by atoms with E-state index in [2.05, 4.69) is 0 Å². The Morgan fingerprint density at radius 3 is 2.16 bits per heavy atom. The van der Waals surface area contributed by atoms with E-state index in [0.717, 1.165) is 11.6 Å². The SMILES string of the molecule is O=C1NC(=O)C(C(=O)C=Cc2ccccc2)C(=O)N1. The van der Waals surface area contributed by atoms with Crippen LogP contribution in [0.15, 0.2) is 36.4 Å². The van der Waals surface area contributed by atoms with Gasteiger partial charge in [-0.25, -0.2) is 4.79 Å². The lowest BCUT2D eigenvalue weighted by Gasteiger charge is -2.18. The number of allylic oxidation sites excluding steroid dienone is 1. The van der Waals surface area contributed by atoms with Crippen molar-refractivity contribution in [2.75, 3.05) is 0 Å². The highest BCUT2D eigenvalue weighted by atomic mass is 16.2. The van der Waals surface area contributed by atoms with Crippen molar-refractivity contribution >= 4 is 29.7 Å². The molecule has 1 fully saturated rings. The van der Waals surface area contributed by atoms with Crippen molar-refractivity contribution in [2.45, 2.75) is 0 Å². The van der Waals surface area contributed by atoms with Crippen LogP contribution in [0.5, 0.6) is 0 Å². The number of imide groups is 2. The fourth-order valence-electron chi connectivity index (χ4n) is 1.62. The van der Waals surface area contributed by atoms with Crippen molar-refractivity contribution in [3.05, 3.63) is 42.0 Å². The maximum atomic E-state index is 11.8. The fraction of sp³-hybridized carbons (Fsp3) is 0.0769. The molecule has 2 rings (SSSR count). The average molecular weight is 258 g/mol. The Morgan fingerprint density at radius 2 is 1.58 bits per heavy atom. The molecule has 0 unspecified atom stereocenters. The van der Waals surface area contributed by atoms with Crippen LogP contribution in [0.3, 0.4) is 0 Å². The molecule has 0 aromatic heterocycles. The first kappa shape index (κ1) is 12.7. The molecule has 0 spiro atoms. The lowest BCUT2D eigenvalue weighted by Crippen LogP contribution is -2.57. The van der Waals surface area contributed by atoms with Gasteiger partial charge in [-0.1, -0.05) is 36.4 Å². The van der Waals surface area contributed by atoms with E-state index in [1.807, 2.05) is 16.7 Å². The molecule has 1 heterocycles. The van der Waals surface area contributed by atoms with Crippen LogP contribution in [-0.4, -0.2) is 23.6 Å². The first-order valence-corrected chi connectivity index (χ1v) is 5.50. The minimum Gasteiger partial charge on any atom is -0.293 e. The van der Waals surface area contributed by atoms with Gasteiger partial charge in [0.2, 0.25) is 11.8 Å². The van der Waals surface area contributed by atoms with Crippen LogP contribution in [-0.2, 0) is 14.4 Å². The average Bonchev–Trinajstić information content (AvgIpc) is 2.36. The normalized spacial score (nSPS) is 16.3. The molecular weight excluding hydrogens is 248 g/mol. The number of rotatable bonds is 3. The first-order chi connectivity index (χ1) is 9.08. The molecule has 4 amide bonds. The topological polar surface area (TPSA) is 92.3 Å². The molecule has 0 saturated carbocycles. The second-order valence-electron chi connectivity index (χ2n) is 3.89. The van der Waals surface area contributed by atoms with Crippen molar-refractivity contribution in [3.63, 3.8) is 0 Å². The zero-order valence-electron chi connectivity index (χ0n) is 9.75. The van der Waals surface area contributed by atoms with Gasteiger partial charge in [0.1, 0.15) is 0 Å². The highest BCUT2D eigenvalue weighted by Crippen LogP contribution is 2.07. The molecule has 0 atom stereocenters. The number of nitrogens with one attached hydrogen (secondary N) is 2. The second kappa shape index (κ2) is 5.26. The van der Waals surface area contributed by atoms with Crippen LogP contribution in [0, 0.1) is 5.92 Å². The molecule has 1 aliphatic rings. The lowest BCUT2D eigenvalue weighted by molar-refractivity contribution is -0.140. The molecule has 1 aromatic rings. The Hall–Kier alpha value is -2.76. The zero-order valence-corrected chi connectivity index (χ0v) is 9.75.